The summed E-state index contributed by atoms with van der Waals surface area (Å²) < 4.78 is 13.5. The normalized spacial score (nSPS) is 12.9. The molecule has 2 heterocycles. The second-order valence-electron chi connectivity index (χ2n) is 4.87. The minimum absolute atomic E-state index is 0.337. The van der Waals surface area contributed by atoms with Crippen LogP contribution in [0.2, 0.25) is 0 Å². The number of nitrogens with one attached hydrogen (secondary N) is 1. The highest BCUT2D eigenvalue weighted by Gasteiger charge is 2.25. The highest BCUT2D eigenvalue weighted by molar-refractivity contribution is 9.10. The molecule has 2 rings (SSSR count). The lowest BCUT2D eigenvalue weighted by Gasteiger charge is -2.18. The number of likely N-dealkylation sites (N-methyl/N-ethyl adjacent to an activating group) is 1. The number of methoxy groups -OCH3 is 1. The SMILES string of the molecule is COc1cnn(CCN(C)C)c1C(NN)c1ccc(Br)o1. The van der Waals surface area contributed by atoms with E-state index in [-0.39, 0.29) is 6.04 Å². The van der Waals surface area contributed by atoms with E-state index < -0.39 is 0 Å². The monoisotopic (exact) mass is 357 g/mol. The Kier molecular flexibility index (Phi) is 5.40. The predicted octanol–water partition coefficient (Wildman–Crippen LogP) is 1.36. The Bertz CT molecular complexity index is 581. The summed E-state index contributed by atoms with van der Waals surface area (Å²) in [6.07, 6.45) is 1.69. The molecule has 1 atom stereocenters. The van der Waals surface area contributed by atoms with Gasteiger partial charge in [-0.15, -0.1) is 0 Å². The molecule has 0 saturated carbocycles. The first-order valence-corrected chi connectivity index (χ1v) is 7.32. The van der Waals surface area contributed by atoms with Gasteiger partial charge in [0.05, 0.1) is 19.9 Å². The Morgan fingerprint density at radius 2 is 2.29 bits per heavy atom. The third-order valence-corrected chi connectivity index (χ3v) is 3.57. The van der Waals surface area contributed by atoms with Crippen LogP contribution in [0.4, 0.5) is 0 Å². The number of rotatable bonds is 7. The summed E-state index contributed by atoms with van der Waals surface area (Å²) in [7, 11) is 5.65. The van der Waals surface area contributed by atoms with Crippen LogP contribution in [0.3, 0.4) is 0 Å². The van der Waals surface area contributed by atoms with Crippen LogP contribution >= 0.6 is 15.9 Å². The molecule has 2 aromatic heterocycles. The molecule has 8 heteroatoms. The highest BCUT2D eigenvalue weighted by Crippen LogP contribution is 2.31. The van der Waals surface area contributed by atoms with Crippen LogP contribution in [0, 0.1) is 0 Å². The number of furan rings is 1. The minimum Gasteiger partial charge on any atom is -0.493 e. The van der Waals surface area contributed by atoms with E-state index in [0.717, 1.165) is 18.8 Å². The number of hydrogen-bond donors (Lipinski definition) is 2. The number of ether oxygens (including phenoxy) is 1. The molecule has 0 aliphatic rings. The summed E-state index contributed by atoms with van der Waals surface area (Å²) >= 11 is 3.30. The minimum atomic E-state index is -0.337. The van der Waals surface area contributed by atoms with E-state index in [2.05, 4.69) is 31.4 Å². The number of hydrazine groups is 1. The molecular formula is C13H20BrN5O2. The number of halogens is 1. The van der Waals surface area contributed by atoms with Crippen molar-refractivity contribution in [3.8, 4) is 5.75 Å². The van der Waals surface area contributed by atoms with Crippen molar-refractivity contribution in [1.29, 1.82) is 0 Å². The van der Waals surface area contributed by atoms with Crippen LogP contribution in [-0.2, 0) is 6.54 Å². The van der Waals surface area contributed by atoms with Gasteiger partial charge in [-0.05, 0) is 42.2 Å². The Labute approximate surface area is 132 Å². The Morgan fingerprint density at radius 1 is 1.52 bits per heavy atom. The van der Waals surface area contributed by atoms with Gasteiger partial charge in [0.2, 0.25) is 0 Å². The molecule has 0 spiro atoms. The van der Waals surface area contributed by atoms with E-state index in [1.807, 2.05) is 30.9 Å². The van der Waals surface area contributed by atoms with Crippen LogP contribution in [-0.4, -0.2) is 42.4 Å². The summed E-state index contributed by atoms with van der Waals surface area (Å²) in [5.41, 5.74) is 3.60. The van der Waals surface area contributed by atoms with Crippen molar-refractivity contribution in [2.24, 2.45) is 5.84 Å². The molecule has 0 aliphatic heterocycles. The van der Waals surface area contributed by atoms with Gasteiger partial charge < -0.3 is 14.1 Å². The Balaban J connectivity index is 2.36. The summed E-state index contributed by atoms with van der Waals surface area (Å²) in [5.74, 6) is 7.08. The summed E-state index contributed by atoms with van der Waals surface area (Å²) in [6.45, 7) is 1.59. The maximum Gasteiger partial charge on any atom is 0.169 e. The summed E-state index contributed by atoms with van der Waals surface area (Å²) in [6, 6.07) is 3.35. The van der Waals surface area contributed by atoms with Gasteiger partial charge in [0.1, 0.15) is 17.5 Å². The zero-order valence-corrected chi connectivity index (χ0v) is 13.9. The van der Waals surface area contributed by atoms with Crippen molar-refractivity contribution < 1.29 is 9.15 Å². The Hall–Kier alpha value is -1.35. The topological polar surface area (TPSA) is 81.5 Å². The fourth-order valence-electron chi connectivity index (χ4n) is 2.08. The fraction of sp³-hybridized carbons (Fsp3) is 0.462. The smallest absolute Gasteiger partial charge is 0.169 e. The standard InChI is InChI=1S/C13H20BrN5O2/c1-18(2)6-7-19-13(10(20-3)8-16-19)12(17-15)9-4-5-11(14)21-9/h4-5,8,12,17H,6-7,15H2,1-3H3. The number of nitrogens with zero attached hydrogens (tertiary/aromatic N) is 3. The molecule has 0 aliphatic carbocycles. The van der Waals surface area contributed by atoms with Crippen molar-refractivity contribution in [3.63, 3.8) is 0 Å². The highest BCUT2D eigenvalue weighted by atomic mass is 79.9. The lowest BCUT2D eigenvalue weighted by Crippen LogP contribution is -2.31. The molecule has 7 nitrogen and oxygen atoms in total. The second kappa shape index (κ2) is 7.08. The molecule has 116 valence electrons. The first kappa shape index (κ1) is 16.0. The number of aromatic nitrogens is 2. The van der Waals surface area contributed by atoms with Gasteiger partial charge in [0, 0.05) is 6.54 Å². The number of nitrogens with two attached hydrogens (primary N) is 1. The van der Waals surface area contributed by atoms with Gasteiger partial charge in [0.25, 0.3) is 0 Å². The average Bonchev–Trinajstić information content (AvgIpc) is 3.05. The third kappa shape index (κ3) is 3.65. The molecule has 0 saturated heterocycles. The molecule has 21 heavy (non-hydrogen) atoms. The van der Waals surface area contributed by atoms with Crippen LogP contribution in [0.25, 0.3) is 0 Å². The van der Waals surface area contributed by atoms with Gasteiger partial charge in [-0.3, -0.25) is 10.5 Å². The molecule has 0 amide bonds. The van der Waals surface area contributed by atoms with E-state index in [0.29, 0.717) is 16.2 Å². The molecule has 2 aromatic rings. The molecule has 0 bridgehead atoms. The lowest BCUT2D eigenvalue weighted by atomic mass is 10.1. The zero-order chi connectivity index (χ0) is 15.4. The average molecular weight is 358 g/mol. The van der Waals surface area contributed by atoms with E-state index in [9.17, 15) is 0 Å². The molecule has 0 radical (unpaired) electrons. The lowest BCUT2D eigenvalue weighted by molar-refractivity contribution is 0.350. The van der Waals surface area contributed by atoms with Gasteiger partial charge in [-0.1, -0.05) is 0 Å². The maximum atomic E-state index is 5.72. The maximum absolute atomic E-state index is 5.72. The molecule has 3 N–H and O–H groups in total. The quantitative estimate of drug-likeness (QED) is 0.575. The van der Waals surface area contributed by atoms with Gasteiger partial charge in [0.15, 0.2) is 10.4 Å². The first-order chi connectivity index (χ1) is 10.1. The molecular weight excluding hydrogens is 338 g/mol. The van der Waals surface area contributed by atoms with E-state index in [1.54, 1.807) is 13.3 Å². The molecule has 0 fully saturated rings. The van der Waals surface area contributed by atoms with Crippen LogP contribution in [0.5, 0.6) is 5.75 Å². The van der Waals surface area contributed by atoms with Crippen molar-refractivity contribution in [2.45, 2.75) is 12.6 Å². The fourth-order valence-corrected chi connectivity index (χ4v) is 2.40. The van der Waals surface area contributed by atoms with E-state index in [4.69, 9.17) is 15.0 Å². The van der Waals surface area contributed by atoms with Gasteiger partial charge in [-0.25, -0.2) is 5.43 Å². The van der Waals surface area contributed by atoms with E-state index in [1.165, 1.54) is 0 Å². The molecule has 1 unspecified atom stereocenters. The van der Waals surface area contributed by atoms with Crippen LogP contribution < -0.4 is 16.0 Å². The summed E-state index contributed by atoms with van der Waals surface area (Å²) in [5, 5.41) is 4.38. The van der Waals surface area contributed by atoms with Crippen molar-refractivity contribution in [1.82, 2.24) is 20.1 Å². The zero-order valence-electron chi connectivity index (χ0n) is 12.3. The first-order valence-electron chi connectivity index (χ1n) is 6.52. The molecule has 0 aromatic carbocycles. The van der Waals surface area contributed by atoms with Crippen molar-refractivity contribution in [3.05, 3.63) is 34.5 Å². The summed E-state index contributed by atoms with van der Waals surface area (Å²) in [4.78, 5) is 2.09. The predicted molar refractivity (Wildman–Crippen MR) is 82.9 cm³/mol. The van der Waals surface area contributed by atoms with Crippen LogP contribution in [0.1, 0.15) is 17.5 Å². The second-order valence-corrected chi connectivity index (χ2v) is 5.65. The van der Waals surface area contributed by atoms with Gasteiger partial charge >= 0.3 is 0 Å². The van der Waals surface area contributed by atoms with Crippen molar-refractivity contribution in [2.75, 3.05) is 27.7 Å². The van der Waals surface area contributed by atoms with Crippen molar-refractivity contribution >= 4 is 15.9 Å². The van der Waals surface area contributed by atoms with Gasteiger partial charge in [-0.2, -0.15) is 5.10 Å². The number of hydrogen-bond acceptors (Lipinski definition) is 6. The largest absolute Gasteiger partial charge is 0.493 e. The van der Waals surface area contributed by atoms with Crippen LogP contribution in [0.15, 0.2) is 27.4 Å². The van der Waals surface area contributed by atoms with E-state index >= 15 is 0 Å². The Morgan fingerprint density at radius 3 is 2.81 bits per heavy atom. The third-order valence-electron chi connectivity index (χ3n) is 3.14.